The van der Waals surface area contributed by atoms with Gasteiger partial charge in [-0.1, -0.05) is 18.9 Å². The predicted molar refractivity (Wildman–Crippen MR) is 94.1 cm³/mol. The Labute approximate surface area is 142 Å². The van der Waals surface area contributed by atoms with Crippen LogP contribution in [0.25, 0.3) is 0 Å². The van der Waals surface area contributed by atoms with Gasteiger partial charge in [0, 0.05) is 19.2 Å². The van der Waals surface area contributed by atoms with Crippen LogP contribution in [0.3, 0.4) is 0 Å². The zero-order chi connectivity index (χ0) is 14.2. The lowest BCUT2D eigenvalue weighted by molar-refractivity contribution is 0.320. The molecule has 2 rings (SSSR count). The van der Waals surface area contributed by atoms with Gasteiger partial charge in [0.1, 0.15) is 18.2 Å². The molecular formula is C15H23FIN3O. The van der Waals surface area contributed by atoms with E-state index in [2.05, 4.69) is 15.6 Å². The van der Waals surface area contributed by atoms with Gasteiger partial charge >= 0.3 is 0 Å². The van der Waals surface area contributed by atoms with Gasteiger partial charge in [-0.3, -0.25) is 4.99 Å². The summed E-state index contributed by atoms with van der Waals surface area (Å²) >= 11 is 0. The quantitative estimate of drug-likeness (QED) is 0.342. The third-order valence-corrected chi connectivity index (χ3v) is 3.38. The van der Waals surface area contributed by atoms with Gasteiger partial charge in [-0.15, -0.1) is 24.0 Å². The molecule has 1 aromatic rings. The van der Waals surface area contributed by atoms with Crippen molar-refractivity contribution in [2.24, 2.45) is 4.99 Å². The van der Waals surface area contributed by atoms with Crippen LogP contribution in [0.4, 0.5) is 4.39 Å². The first-order valence-corrected chi connectivity index (χ1v) is 7.13. The van der Waals surface area contributed by atoms with E-state index in [4.69, 9.17) is 4.74 Å². The van der Waals surface area contributed by atoms with Crippen molar-refractivity contribution in [2.45, 2.75) is 31.7 Å². The molecule has 0 bridgehead atoms. The van der Waals surface area contributed by atoms with Crippen molar-refractivity contribution < 1.29 is 9.13 Å². The number of rotatable bonds is 5. The molecule has 1 saturated carbocycles. The second-order valence-electron chi connectivity index (χ2n) is 4.93. The molecule has 0 spiro atoms. The molecule has 118 valence electrons. The largest absolute Gasteiger partial charge is 0.492 e. The number of aliphatic imine (C=N–C) groups is 1. The van der Waals surface area contributed by atoms with Crippen molar-refractivity contribution in [3.05, 3.63) is 30.1 Å². The summed E-state index contributed by atoms with van der Waals surface area (Å²) in [4.78, 5) is 4.19. The average Bonchev–Trinajstić information content (AvgIpc) is 2.95. The maximum atomic E-state index is 13.0. The normalized spacial score (nSPS) is 15.4. The summed E-state index contributed by atoms with van der Waals surface area (Å²) in [7, 11) is 1.76. The molecular weight excluding hydrogens is 384 g/mol. The first-order valence-electron chi connectivity index (χ1n) is 7.13. The number of nitrogens with one attached hydrogen (secondary N) is 2. The number of ether oxygens (including phenoxy) is 1. The van der Waals surface area contributed by atoms with Crippen LogP contribution in [0, 0.1) is 5.82 Å². The topological polar surface area (TPSA) is 45.7 Å². The van der Waals surface area contributed by atoms with Gasteiger partial charge in [0.05, 0.1) is 6.54 Å². The third kappa shape index (κ3) is 6.50. The Morgan fingerprint density at radius 2 is 2.14 bits per heavy atom. The summed E-state index contributed by atoms with van der Waals surface area (Å²) in [6.07, 6.45) is 5.00. The van der Waals surface area contributed by atoms with E-state index in [1.165, 1.54) is 37.8 Å². The van der Waals surface area contributed by atoms with E-state index in [1.54, 1.807) is 19.2 Å². The van der Waals surface area contributed by atoms with Crippen molar-refractivity contribution in [3.8, 4) is 5.75 Å². The van der Waals surface area contributed by atoms with Crippen LogP contribution in [-0.4, -0.2) is 32.2 Å². The van der Waals surface area contributed by atoms with E-state index in [9.17, 15) is 4.39 Å². The van der Waals surface area contributed by atoms with Crippen LogP contribution in [0.15, 0.2) is 29.3 Å². The predicted octanol–water partition coefficient (Wildman–Crippen LogP) is 2.93. The highest BCUT2D eigenvalue weighted by Gasteiger charge is 2.15. The Hall–Kier alpha value is -1.05. The molecule has 1 aliphatic carbocycles. The van der Waals surface area contributed by atoms with Crippen molar-refractivity contribution in [1.29, 1.82) is 0 Å². The second-order valence-corrected chi connectivity index (χ2v) is 4.93. The molecule has 0 aliphatic heterocycles. The highest BCUT2D eigenvalue weighted by molar-refractivity contribution is 14.0. The van der Waals surface area contributed by atoms with Crippen LogP contribution in [0.1, 0.15) is 25.7 Å². The summed E-state index contributed by atoms with van der Waals surface area (Å²) in [5.41, 5.74) is 0. The zero-order valence-electron chi connectivity index (χ0n) is 12.3. The number of hydrogen-bond acceptors (Lipinski definition) is 2. The second kappa shape index (κ2) is 9.81. The molecule has 0 unspecified atom stereocenters. The number of benzene rings is 1. The molecule has 1 fully saturated rings. The molecule has 1 aromatic carbocycles. The van der Waals surface area contributed by atoms with Crippen LogP contribution in [0.5, 0.6) is 5.75 Å². The molecule has 0 amide bonds. The Balaban J connectivity index is 0.00000220. The van der Waals surface area contributed by atoms with Crippen LogP contribution >= 0.6 is 24.0 Å². The van der Waals surface area contributed by atoms with Crippen LogP contribution < -0.4 is 15.4 Å². The van der Waals surface area contributed by atoms with Crippen LogP contribution in [0.2, 0.25) is 0 Å². The fraction of sp³-hybridized carbons (Fsp3) is 0.533. The first-order chi connectivity index (χ1) is 9.78. The van der Waals surface area contributed by atoms with Gasteiger partial charge in [0.2, 0.25) is 0 Å². The fourth-order valence-electron chi connectivity index (χ4n) is 2.35. The van der Waals surface area contributed by atoms with E-state index in [0.717, 1.165) is 5.96 Å². The molecule has 1 aliphatic rings. The summed E-state index contributed by atoms with van der Waals surface area (Å²) in [6, 6.07) is 6.70. The smallest absolute Gasteiger partial charge is 0.191 e. The van der Waals surface area contributed by atoms with E-state index < -0.39 is 0 Å². The Morgan fingerprint density at radius 1 is 1.38 bits per heavy atom. The minimum atomic E-state index is -0.283. The highest BCUT2D eigenvalue weighted by atomic mass is 127. The lowest BCUT2D eigenvalue weighted by Crippen LogP contribution is -2.43. The fourth-order valence-corrected chi connectivity index (χ4v) is 2.35. The molecule has 0 saturated heterocycles. The van der Waals surface area contributed by atoms with E-state index in [-0.39, 0.29) is 29.8 Å². The average molecular weight is 407 g/mol. The van der Waals surface area contributed by atoms with Crippen molar-refractivity contribution in [2.75, 3.05) is 20.2 Å². The Kier molecular flexibility index (Phi) is 8.41. The Bertz CT molecular complexity index is 450. The van der Waals surface area contributed by atoms with Crippen LogP contribution in [-0.2, 0) is 0 Å². The minimum absolute atomic E-state index is 0. The SMILES string of the molecule is CN=C(NCCOc1cccc(F)c1)NC1CCCC1.I. The van der Waals surface area contributed by atoms with Gasteiger partial charge in [-0.25, -0.2) is 4.39 Å². The number of nitrogens with zero attached hydrogens (tertiary/aromatic N) is 1. The highest BCUT2D eigenvalue weighted by Crippen LogP contribution is 2.17. The van der Waals surface area contributed by atoms with Crippen molar-refractivity contribution in [3.63, 3.8) is 0 Å². The summed E-state index contributed by atoms with van der Waals surface area (Å²) in [5, 5.41) is 6.60. The van der Waals surface area contributed by atoms with Gasteiger partial charge in [0.15, 0.2) is 5.96 Å². The first kappa shape index (κ1) is 18.0. The maximum Gasteiger partial charge on any atom is 0.191 e. The standard InChI is InChI=1S/C15H22FN3O.HI/c1-17-15(19-13-6-2-3-7-13)18-9-10-20-14-8-4-5-12(16)11-14;/h4-5,8,11,13H,2-3,6-7,9-10H2,1H3,(H2,17,18,19);1H. The van der Waals surface area contributed by atoms with E-state index >= 15 is 0 Å². The van der Waals surface area contributed by atoms with Gasteiger partial charge < -0.3 is 15.4 Å². The molecule has 0 aromatic heterocycles. The molecule has 0 radical (unpaired) electrons. The summed E-state index contributed by atoms with van der Waals surface area (Å²) in [5.74, 6) is 1.07. The van der Waals surface area contributed by atoms with E-state index in [1.807, 2.05) is 0 Å². The van der Waals surface area contributed by atoms with E-state index in [0.29, 0.717) is 24.9 Å². The summed E-state index contributed by atoms with van der Waals surface area (Å²) in [6.45, 7) is 1.09. The van der Waals surface area contributed by atoms with Gasteiger partial charge in [-0.05, 0) is 25.0 Å². The molecule has 0 heterocycles. The number of halogens is 2. The lowest BCUT2D eigenvalue weighted by Gasteiger charge is -2.16. The molecule has 0 atom stereocenters. The minimum Gasteiger partial charge on any atom is -0.492 e. The summed E-state index contributed by atoms with van der Waals surface area (Å²) < 4.78 is 18.4. The molecule has 4 nitrogen and oxygen atoms in total. The van der Waals surface area contributed by atoms with Gasteiger partial charge in [-0.2, -0.15) is 0 Å². The zero-order valence-corrected chi connectivity index (χ0v) is 14.6. The molecule has 6 heteroatoms. The number of hydrogen-bond donors (Lipinski definition) is 2. The maximum absolute atomic E-state index is 13.0. The molecule has 21 heavy (non-hydrogen) atoms. The lowest BCUT2D eigenvalue weighted by atomic mass is 10.2. The monoisotopic (exact) mass is 407 g/mol. The van der Waals surface area contributed by atoms with Crippen molar-refractivity contribution in [1.82, 2.24) is 10.6 Å². The van der Waals surface area contributed by atoms with Crippen molar-refractivity contribution >= 4 is 29.9 Å². The van der Waals surface area contributed by atoms with Gasteiger partial charge in [0.25, 0.3) is 0 Å². The Morgan fingerprint density at radius 3 is 2.81 bits per heavy atom. The third-order valence-electron chi connectivity index (χ3n) is 3.38. The molecule has 2 N–H and O–H groups in total. The number of guanidine groups is 1.